The molecule has 4 aromatic rings. The lowest BCUT2D eigenvalue weighted by molar-refractivity contribution is 0.0996. The maximum absolute atomic E-state index is 13.5. The van der Waals surface area contributed by atoms with Crippen LogP contribution in [-0.4, -0.2) is 15.5 Å². The van der Waals surface area contributed by atoms with Crippen LogP contribution in [0.25, 0.3) is 22.5 Å². The molecule has 6 heteroatoms. The number of hydrogen-bond donors (Lipinski definition) is 1. The van der Waals surface area contributed by atoms with Gasteiger partial charge in [0, 0.05) is 22.9 Å². The Morgan fingerprint density at radius 2 is 1.84 bits per heavy atom. The van der Waals surface area contributed by atoms with Gasteiger partial charge in [0.15, 0.2) is 5.76 Å². The number of aromatic nitrogens is 2. The third-order valence-corrected chi connectivity index (χ3v) is 6.13. The number of carbonyl (C=O) groups is 1. The second-order valence-corrected chi connectivity index (χ2v) is 8.26. The van der Waals surface area contributed by atoms with Gasteiger partial charge in [-0.1, -0.05) is 25.0 Å². The van der Waals surface area contributed by atoms with Gasteiger partial charge in [0.25, 0.3) is 5.91 Å². The van der Waals surface area contributed by atoms with Gasteiger partial charge in [0.05, 0.1) is 24.0 Å². The molecule has 1 aliphatic rings. The van der Waals surface area contributed by atoms with Gasteiger partial charge in [-0.2, -0.15) is 0 Å². The number of aryl methyl sites for hydroxylation is 1. The summed E-state index contributed by atoms with van der Waals surface area (Å²) in [6.07, 6.45) is 8.00. The van der Waals surface area contributed by atoms with E-state index in [0.29, 0.717) is 11.7 Å². The molecular formula is C26H24FN3O2. The molecule has 0 saturated heterocycles. The first-order valence-corrected chi connectivity index (χ1v) is 10.9. The van der Waals surface area contributed by atoms with Crippen molar-refractivity contribution in [2.75, 3.05) is 5.32 Å². The van der Waals surface area contributed by atoms with Crippen LogP contribution in [-0.2, 0) is 0 Å². The first-order valence-electron chi connectivity index (χ1n) is 10.9. The lowest BCUT2D eigenvalue weighted by Crippen LogP contribution is -2.12. The Hall–Kier alpha value is -3.67. The summed E-state index contributed by atoms with van der Waals surface area (Å²) >= 11 is 0. The summed E-state index contributed by atoms with van der Waals surface area (Å²) in [7, 11) is 0. The number of amides is 1. The summed E-state index contributed by atoms with van der Waals surface area (Å²) in [5.74, 6) is -0.306. The van der Waals surface area contributed by atoms with Crippen LogP contribution in [0.1, 0.15) is 47.8 Å². The number of rotatable bonds is 5. The van der Waals surface area contributed by atoms with E-state index in [9.17, 15) is 9.18 Å². The average molecular weight is 429 g/mol. The topological polar surface area (TPSA) is 60.1 Å². The molecule has 2 heterocycles. The Kier molecular flexibility index (Phi) is 5.35. The van der Waals surface area contributed by atoms with Crippen molar-refractivity contribution < 1.29 is 13.6 Å². The average Bonchev–Trinajstić information content (AvgIpc) is 3.56. The van der Waals surface area contributed by atoms with Crippen molar-refractivity contribution in [3.63, 3.8) is 0 Å². The Morgan fingerprint density at radius 3 is 2.56 bits per heavy atom. The molecule has 0 radical (unpaired) electrons. The van der Waals surface area contributed by atoms with Crippen molar-refractivity contribution in [1.82, 2.24) is 9.55 Å². The van der Waals surface area contributed by atoms with Crippen molar-refractivity contribution in [3.8, 4) is 22.5 Å². The fourth-order valence-corrected chi connectivity index (χ4v) is 4.42. The molecule has 0 aliphatic heterocycles. The lowest BCUT2D eigenvalue weighted by Gasteiger charge is -2.18. The van der Waals surface area contributed by atoms with E-state index in [-0.39, 0.29) is 17.5 Å². The third-order valence-electron chi connectivity index (χ3n) is 6.13. The molecule has 0 bridgehead atoms. The van der Waals surface area contributed by atoms with Crippen molar-refractivity contribution in [2.24, 2.45) is 0 Å². The third kappa shape index (κ3) is 3.84. The largest absolute Gasteiger partial charge is 0.459 e. The number of nitrogens with one attached hydrogen (secondary N) is 1. The van der Waals surface area contributed by atoms with E-state index in [1.54, 1.807) is 24.3 Å². The molecule has 1 fully saturated rings. The highest BCUT2D eigenvalue weighted by atomic mass is 19.1. The monoisotopic (exact) mass is 429 g/mol. The Balaban J connectivity index is 1.59. The van der Waals surface area contributed by atoms with E-state index in [1.807, 2.05) is 31.5 Å². The Bertz CT molecular complexity index is 1240. The summed E-state index contributed by atoms with van der Waals surface area (Å²) in [6.45, 7) is 1.96. The van der Waals surface area contributed by atoms with Crippen LogP contribution in [0.4, 0.5) is 10.1 Å². The fourth-order valence-electron chi connectivity index (χ4n) is 4.42. The number of halogens is 1. The van der Waals surface area contributed by atoms with Crippen LogP contribution in [0.15, 0.2) is 71.6 Å². The van der Waals surface area contributed by atoms with Gasteiger partial charge >= 0.3 is 0 Å². The number of imidazole rings is 1. The molecule has 5 rings (SSSR count). The van der Waals surface area contributed by atoms with Crippen molar-refractivity contribution in [2.45, 2.75) is 38.6 Å². The van der Waals surface area contributed by atoms with Crippen LogP contribution in [0, 0.1) is 12.7 Å². The highest BCUT2D eigenvalue weighted by molar-refractivity contribution is 6.03. The predicted molar refractivity (Wildman–Crippen MR) is 122 cm³/mol. The summed E-state index contributed by atoms with van der Waals surface area (Å²) < 4.78 is 21.0. The molecule has 1 aliphatic carbocycles. The normalized spacial score (nSPS) is 14.1. The minimum Gasteiger partial charge on any atom is -0.459 e. The quantitative estimate of drug-likeness (QED) is 0.388. The van der Waals surface area contributed by atoms with Crippen LogP contribution < -0.4 is 5.32 Å². The maximum Gasteiger partial charge on any atom is 0.291 e. The number of furan rings is 1. The number of nitrogens with zero attached hydrogens (tertiary/aromatic N) is 2. The van der Waals surface area contributed by atoms with Gasteiger partial charge < -0.3 is 14.3 Å². The van der Waals surface area contributed by atoms with E-state index in [2.05, 4.69) is 9.88 Å². The van der Waals surface area contributed by atoms with E-state index < -0.39 is 0 Å². The first kappa shape index (κ1) is 20.2. The molecule has 1 saturated carbocycles. The highest BCUT2D eigenvalue weighted by Gasteiger charge is 2.24. The zero-order valence-electron chi connectivity index (χ0n) is 17.8. The molecule has 1 amide bonds. The van der Waals surface area contributed by atoms with Crippen molar-refractivity contribution in [3.05, 3.63) is 84.3 Å². The number of benzene rings is 2. The molecule has 162 valence electrons. The van der Waals surface area contributed by atoms with E-state index in [4.69, 9.17) is 9.40 Å². The number of hydrogen-bond acceptors (Lipinski definition) is 3. The Labute approximate surface area is 185 Å². The van der Waals surface area contributed by atoms with E-state index in [1.165, 1.54) is 31.2 Å². The lowest BCUT2D eigenvalue weighted by atomic mass is 10.0. The van der Waals surface area contributed by atoms with E-state index in [0.717, 1.165) is 40.9 Å². The van der Waals surface area contributed by atoms with Crippen molar-refractivity contribution >= 4 is 11.6 Å². The molecule has 1 N–H and O–H groups in total. The summed E-state index contributed by atoms with van der Waals surface area (Å²) in [6, 6.07) is 16.2. The zero-order valence-corrected chi connectivity index (χ0v) is 17.8. The van der Waals surface area contributed by atoms with Crippen molar-refractivity contribution in [1.29, 1.82) is 0 Å². The van der Waals surface area contributed by atoms with Crippen LogP contribution in [0.5, 0.6) is 0 Å². The Morgan fingerprint density at radius 1 is 1.09 bits per heavy atom. The molecule has 5 nitrogen and oxygen atoms in total. The van der Waals surface area contributed by atoms with Gasteiger partial charge in [-0.05, 0) is 67.8 Å². The standard InChI is InChI=1S/C26H24FN3O2/c1-17-8-9-19(15-22(17)29-26(31)23-7-4-14-32-23)25-24(18-10-12-20(27)13-11-18)28-16-30(25)21-5-2-3-6-21/h4,7-16,21H,2-3,5-6H2,1H3,(H,29,31). The molecule has 2 aromatic heterocycles. The number of carbonyl (C=O) groups excluding carboxylic acids is 1. The van der Waals surface area contributed by atoms with Gasteiger partial charge in [0.2, 0.25) is 0 Å². The molecule has 0 atom stereocenters. The summed E-state index contributed by atoms with van der Waals surface area (Å²) in [4.78, 5) is 17.3. The van der Waals surface area contributed by atoms with Crippen LogP contribution in [0.3, 0.4) is 0 Å². The SMILES string of the molecule is Cc1ccc(-c2c(-c3ccc(F)cc3)ncn2C2CCCC2)cc1NC(=O)c1ccco1. The fraction of sp³-hybridized carbons (Fsp3) is 0.231. The second kappa shape index (κ2) is 8.46. The second-order valence-electron chi connectivity index (χ2n) is 8.26. The predicted octanol–water partition coefficient (Wildman–Crippen LogP) is 6.63. The maximum atomic E-state index is 13.5. The van der Waals surface area contributed by atoms with Crippen LogP contribution >= 0.6 is 0 Å². The number of anilines is 1. The highest BCUT2D eigenvalue weighted by Crippen LogP contribution is 2.39. The van der Waals surface area contributed by atoms with E-state index >= 15 is 0 Å². The van der Waals surface area contributed by atoms with Gasteiger partial charge in [-0.3, -0.25) is 4.79 Å². The minimum absolute atomic E-state index is 0.262. The molecule has 0 spiro atoms. The molecular weight excluding hydrogens is 405 g/mol. The smallest absolute Gasteiger partial charge is 0.291 e. The van der Waals surface area contributed by atoms with Gasteiger partial charge in [-0.25, -0.2) is 9.37 Å². The zero-order chi connectivity index (χ0) is 22.1. The molecule has 32 heavy (non-hydrogen) atoms. The first-order chi connectivity index (χ1) is 15.6. The van der Waals surface area contributed by atoms with Gasteiger partial charge in [0.1, 0.15) is 5.82 Å². The van der Waals surface area contributed by atoms with Gasteiger partial charge in [-0.15, -0.1) is 0 Å². The summed E-state index contributed by atoms with van der Waals surface area (Å²) in [5.41, 5.74) is 5.27. The van der Waals surface area contributed by atoms with Crippen LogP contribution in [0.2, 0.25) is 0 Å². The molecule has 2 aromatic carbocycles. The summed E-state index contributed by atoms with van der Waals surface area (Å²) in [5, 5.41) is 2.96. The molecule has 0 unspecified atom stereocenters. The minimum atomic E-state index is -0.293.